The van der Waals surface area contributed by atoms with Crippen molar-refractivity contribution in [2.45, 2.75) is 13.3 Å². The van der Waals surface area contributed by atoms with Gasteiger partial charge in [-0.25, -0.2) is 4.98 Å². The van der Waals surface area contributed by atoms with Gasteiger partial charge in [-0.2, -0.15) is 0 Å². The minimum Gasteiger partial charge on any atom is -0.492 e. The van der Waals surface area contributed by atoms with Crippen LogP contribution >= 0.6 is 0 Å². The van der Waals surface area contributed by atoms with Crippen molar-refractivity contribution in [2.24, 2.45) is 4.99 Å². The normalized spacial score (nSPS) is 11.6. The Kier molecular flexibility index (Phi) is 6.68. The average Bonchev–Trinajstić information content (AvgIpc) is 3.11. The maximum atomic E-state index is 5.77. The van der Waals surface area contributed by atoms with E-state index >= 15 is 0 Å². The van der Waals surface area contributed by atoms with Gasteiger partial charge in [-0.05, 0) is 31.2 Å². The second-order valence-electron chi connectivity index (χ2n) is 6.27. The predicted molar refractivity (Wildman–Crippen MR) is 110 cm³/mol. The predicted octanol–water partition coefficient (Wildman–Crippen LogP) is 3.08. The molecular weight excluding hydrogens is 338 g/mol. The summed E-state index contributed by atoms with van der Waals surface area (Å²) in [5, 5.41) is 3.33. The highest BCUT2D eigenvalue weighted by atomic mass is 16.5. The van der Waals surface area contributed by atoms with E-state index in [-0.39, 0.29) is 0 Å². The first-order valence-corrected chi connectivity index (χ1v) is 9.37. The van der Waals surface area contributed by atoms with Gasteiger partial charge >= 0.3 is 0 Å². The summed E-state index contributed by atoms with van der Waals surface area (Å²) in [6, 6.07) is 17.9. The largest absolute Gasteiger partial charge is 0.492 e. The smallest absolute Gasteiger partial charge is 0.193 e. The van der Waals surface area contributed by atoms with Crippen LogP contribution in [0.25, 0.3) is 11.0 Å². The molecule has 0 fully saturated rings. The molecule has 0 spiro atoms. The number of aromatic amines is 1. The van der Waals surface area contributed by atoms with Gasteiger partial charge in [0.15, 0.2) is 5.96 Å². The molecule has 0 unspecified atom stereocenters. The van der Waals surface area contributed by atoms with Crippen LogP contribution in [0.5, 0.6) is 5.75 Å². The zero-order valence-corrected chi connectivity index (χ0v) is 16.0. The maximum Gasteiger partial charge on any atom is 0.193 e. The van der Waals surface area contributed by atoms with Crippen LogP contribution in [0, 0.1) is 0 Å². The number of aliphatic imine (C=N–C) groups is 1. The number of fused-ring (bicyclic) bond motifs is 1. The fourth-order valence-corrected chi connectivity index (χ4v) is 2.78. The Morgan fingerprint density at radius 2 is 1.93 bits per heavy atom. The Hall–Kier alpha value is -3.02. The summed E-state index contributed by atoms with van der Waals surface area (Å²) in [5.41, 5.74) is 2.07. The second-order valence-corrected chi connectivity index (χ2v) is 6.27. The van der Waals surface area contributed by atoms with Crippen molar-refractivity contribution in [1.29, 1.82) is 0 Å². The minimum atomic E-state index is 0.606. The molecule has 0 aliphatic rings. The van der Waals surface area contributed by atoms with Gasteiger partial charge in [-0.1, -0.05) is 30.3 Å². The van der Waals surface area contributed by atoms with E-state index in [1.165, 1.54) is 0 Å². The van der Waals surface area contributed by atoms with Gasteiger partial charge < -0.3 is 19.9 Å². The molecule has 0 bridgehead atoms. The zero-order valence-electron chi connectivity index (χ0n) is 16.0. The van der Waals surface area contributed by atoms with E-state index in [2.05, 4.69) is 27.1 Å². The lowest BCUT2D eigenvalue weighted by Crippen LogP contribution is -2.41. The van der Waals surface area contributed by atoms with Crippen LogP contribution < -0.4 is 10.1 Å². The van der Waals surface area contributed by atoms with Crippen LogP contribution in [0.2, 0.25) is 0 Å². The fourth-order valence-electron chi connectivity index (χ4n) is 2.78. The number of rotatable bonds is 8. The molecule has 1 heterocycles. The molecule has 1 aromatic heterocycles. The van der Waals surface area contributed by atoms with Gasteiger partial charge in [0.05, 0.1) is 17.6 Å². The zero-order chi connectivity index (χ0) is 18.9. The summed E-state index contributed by atoms with van der Waals surface area (Å²) in [7, 11) is 2.02. The molecule has 142 valence electrons. The first kappa shape index (κ1) is 18.8. The van der Waals surface area contributed by atoms with Crippen LogP contribution in [0.15, 0.2) is 59.6 Å². The molecule has 0 saturated heterocycles. The van der Waals surface area contributed by atoms with Crippen molar-refractivity contribution in [2.75, 3.05) is 33.3 Å². The highest BCUT2D eigenvalue weighted by molar-refractivity contribution is 5.79. The summed E-state index contributed by atoms with van der Waals surface area (Å²) < 4.78 is 5.77. The van der Waals surface area contributed by atoms with Gasteiger partial charge in [0.1, 0.15) is 18.2 Å². The maximum absolute atomic E-state index is 5.77. The lowest BCUT2D eigenvalue weighted by atomic mass is 10.3. The van der Waals surface area contributed by atoms with E-state index in [1.54, 1.807) is 0 Å². The molecule has 27 heavy (non-hydrogen) atoms. The van der Waals surface area contributed by atoms with E-state index in [1.807, 2.05) is 61.6 Å². The average molecular weight is 365 g/mol. The number of H-pyrrole nitrogens is 1. The molecule has 2 aromatic carbocycles. The molecule has 3 rings (SSSR count). The Labute approximate surface area is 160 Å². The highest BCUT2D eigenvalue weighted by Crippen LogP contribution is 2.10. The second kappa shape index (κ2) is 9.62. The number of hydrogen-bond acceptors (Lipinski definition) is 3. The molecule has 0 radical (unpaired) electrons. The number of nitrogens with one attached hydrogen (secondary N) is 2. The Balaban J connectivity index is 1.51. The van der Waals surface area contributed by atoms with Crippen LogP contribution in [-0.2, 0) is 6.42 Å². The first-order chi connectivity index (χ1) is 13.3. The molecular formula is C21H27N5O. The topological polar surface area (TPSA) is 65.5 Å². The number of aromatic nitrogens is 2. The lowest BCUT2D eigenvalue weighted by Gasteiger charge is -2.22. The standard InChI is InChI=1S/C21H27N5O/c1-3-22-21(26(2)15-16-27-17-9-5-4-6-10-17)23-14-13-20-24-18-11-7-8-12-19(18)25-20/h4-12H,3,13-16H2,1-2H3,(H,22,23)(H,24,25). The number of nitrogens with zero attached hydrogens (tertiary/aromatic N) is 3. The van der Waals surface area contributed by atoms with Gasteiger partial charge in [0.2, 0.25) is 0 Å². The summed E-state index contributed by atoms with van der Waals surface area (Å²) in [4.78, 5) is 14.8. The SMILES string of the molecule is CCNC(=NCCc1nc2ccccc2[nH]1)N(C)CCOc1ccccc1. The van der Waals surface area contributed by atoms with E-state index in [9.17, 15) is 0 Å². The number of imidazole rings is 1. The summed E-state index contributed by atoms with van der Waals surface area (Å²) in [5.74, 6) is 2.73. The lowest BCUT2D eigenvalue weighted by molar-refractivity contribution is 0.281. The first-order valence-electron chi connectivity index (χ1n) is 9.37. The molecule has 0 saturated carbocycles. The number of benzene rings is 2. The number of guanidine groups is 1. The molecule has 0 amide bonds. The molecule has 6 heteroatoms. The summed E-state index contributed by atoms with van der Waals surface area (Å²) in [6.45, 7) is 4.93. The molecule has 6 nitrogen and oxygen atoms in total. The molecule has 2 N–H and O–H groups in total. The third-order valence-electron chi connectivity index (χ3n) is 4.18. The fraction of sp³-hybridized carbons (Fsp3) is 0.333. The van der Waals surface area contributed by atoms with Crippen LogP contribution in [0.1, 0.15) is 12.7 Å². The van der Waals surface area contributed by atoms with Crippen molar-refractivity contribution < 1.29 is 4.74 Å². The number of hydrogen-bond donors (Lipinski definition) is 2. The van der Waals surface area contributed by atoms with Gasteiger partial charge in [0.25, 0.3) is 0 Å². The van der Waals surface area contributed by atoms with Gasteiger partial charge in [-0.3, -0.25) is 4.99 Å². The number of ether oxygens (including phenoxy) is 1. The highest BCUT2D eigenvalue weighted by Gasteiger charge is 2.06. The van der Waals surface area contributed by atoms with Gasteiger partial charge in [0, 0.05) is 26.6 Å². The molecule has 0 aliphatic heterocycles. The third kappa shape index (κ3) is 5.48. The molecule has 3 aromatic rings. The third-order valence-corrected chi connectivity index (χ3v) is 4.18. The Morgan fingerprint density at radius 3 is 2.70 bits per heavy atom. The van der Waals surface area contributed by atoms with Crippen molar-refractivity contribution >= 4 is 17.0 Å². The Bertz CT molecular complexity index is 826. The van der Waals surface area contributed by atoms with Crippen molar-refractivity contribution in [3.8, 4) is 5.75 Å². The van der Waals surface area contributed by atoms with E-state index in [0.717, 1.165) is 48.1 Å². The Morgan fingerprint density at radius 1 is 1.15 bits per heavy atom. The number of para-hydroxylation sites is 3. The monoisotopic (exact) mass is 365 g/mol. The molecule has 0 atom stereocenters. The van der Waals surface area contributed by atoms with E-state index in [0.29, 0.717) is 13.2 Å². The van der Waals surface area contributed by atoms with Gasteiger partial charge in [-0.15, -0.1) is 0 Å². The van der Waals surface area contributed by atoms with Crippen LogP contribution in [0.4, 0.5) is 0 Å². The molecule has 0 aliphatic carbocycles. The number of likely N-dealkylation sites (N-methyl/N-ethyl adjacent to an activating group) is 1. The minimum absolute atomic E-state index is 0.606. The van der Waals surface area contributed by atoms with Crippen LogP contribution in [-0.4, -0.2) is 54.1 Å². The van der Waals surface area contributed by atoms with E-state index < -0.39 is 0 Å². The van der Waals surface area contributed by atoms with Crippen molar-refractivity contribution in [3.63, 3.8) is 0 Å². The van der Waals surface area contributed by atoms with E-state index in [4.69, 9.17) is 9.73 Å². The van der Waals surface area contributed by atoms with Crippen LogP contribution in [0.3, 0.4) is 0 Å². The quantitative estimate of drug-likeness (QED) is 0.476. The van der Waals surface area contributed by atoms with Crippen molar-refractivity contribution in [3.05, 3.63) is 60.4 Å². The summed E-state index contributed by atoms with van der Waals surface area (Å²) >= 11 is 0. The van der Waals surface area contributed by atoms with Crippen molar-refractivity contribution in [1.82, 2.24) is 20.2 Å². The summed E-state index contributed by atoms with van der Waals surface area (Å²) in [6.07, 6.45) is 0.776.